The van der Waals surface area contributed by atoms with E-state index in [0.717, 1.165) is 12.0 Å². The number of nitrogens with zero attached hydrogens (tertiary/aromatic N) is 2. The molecule has 2 rings (SSSR count). The number of likely N-dealkylation sites (tertiary alicyclic amines) is 2. The van der Waals surface area contributed by atoms with Gasteiger partial charge in [-0.05, 0) is 70.7 Å². The fraction of sp³-hybridized carbons (Fsp3) is 1.00. The molecule has 112 valence electrons. The largest absolute Gasteiger partial charge is 0.313 e. The summed E-state index contributed by atoms with van der Waals surface area (Å²) in [6, 6.07) is 0.754. The van der Waals surface area contributed by atoms with Gasteiger partial charge in [0.1, 0.15) is 0 Å². The molecule has 0 aliphatic carbocycles. The molecule has 2 aliphatic heterocycles. The van der Waals surface area contributed by atoms with Crippen LogP contribution in [0, 0.1) is 5.92 Å². The van der Waals surface area contributed by atoms with Crippen molar-refractivity contribution in [1.82, 2.24) is 15.1 Å². The molecule has 1 atom stereocenters. The van der Waals surface area contributed by atoms with Crippen LogP contribution < -0.4 is 5.32 Å². The Bertz CT molecular complexity index is 236. The third-order valence-corrected chi connectivity index (χ3v) is 4.86. The zero-order valence-electron chi connectivity index (χ0n) is 13.0. The maximum absolute atomic E-state index is 3.70. The van der Waals surface area contributed by atoms with E-state index in [1.165, 1.54) is 77.9 Å². The zero-order chi connectivity index (χ0) is 13.5. The first-order valence-corrected chi connectivity index (χ1v) is 8.50. The molecule has 1 N–H and O–H groups in total. The minimum atomic E-state index is 0.754. The van der Waals surface area contributed by atoms with Crippen LogP contribution in [0.2, 0.25) is 0 Å². The Balaban J connectivity index is 1.67. The van der Waals surface area contributed by atoms with Crippen LogP contribution in [-0.4, -0.2) is 61.7 Å². The lowest BCUT2D eigenvalue weighted by Crippen LogP contribution is -2.48. The Hall–Kier alpha value is -0.120. The minimum Gasteiger partial charge on any atom is -0.313 e. The number of hydrogen-bond acceptors (Lipinski definition) is 3. The fourth-order valence-corrected chi connectivity index (χ4v) is 3.59. The van der Waals surface area contributed by atoms with Crippen LogP contribution in [0.1, 0.15) is 46.0 Å². The van der Waals surface area contributed by atoms with Gasteiger partial charge in [-0.1, -0.05) is 13.8 Å². The Morgan fingerprint density at radius 1 is 1.00 bits per heavy atom. The van der Waals surface area contributed by atoms with E-state index in [2.05, 4.69) is 29.0 Å². The van der Waals surface area contributed by atoms with E-state index in [0.29, 0.717) is 0 Å². The molecule has 1 unspecified atom stereocenters. The lowest BCUT2D eigenvalue weighted by molar-refractivity contribution is 0.122. The lowest BCUT2D eigenvalue weighted by atomic mass is 9.94. The molecule has 0 aromatic heterocycles. The Morgan fingerprint density at radius 3 is 2.47 bits per heavy atom. The van der Waals surface area contributed by atoms with Gasteiger partial charge >= 0.3 is 0 Å². The molecule has 0 spiro atoms. The summed E-state index contributed by atoms with van der Waals surface area (Å²) in [5, 5.41) is 3.70. The van der Waals surface area contributed by atoms with E-state index in [1.807, 2.05) is 0 Å². The Kier molecular flexibility index (Phi) is 6.62. The van der Waals surface area contributed by atoms with Crippen LogP contribution >= 0.6 is 0 Å². The van der Waals surface area contributed by atoms with Crippen LogP contribution in [0.3, 0.4) is 0 Å². The van der Waals surface area contributed by atoms with Crippen LogP contribution in [0.25, 0.3) is 0 Å². The number of nitrogens with one attached hydrogen (secondary N) is 1. The highest BCUT2D eigenvalue weighted by Crippen LogP contribution is 2.20. The second-order valence-electron chi connectivity index (χ2n) is 6.43. The van der Waals surface area contributed by atoms with Crippen molar-refractivity contribution in [3.8, 4) is 0 Å². The minimum absolute atomic E-state index is 0.754. The molecular weight excluding hydrogens is 234 g/mol. The average molecular weight is 267 g/mol. The standard InChI is InChI=1S/C16H33N3/c1-3-9-17-16-6-5-10-19(14-16)13-15-7-11-18(4-2)12-8-15/h15-17H,3-14H2,1-2H3. The van der Waals surface area contributed by atoms with E-state index in [-0.39, 0.29) is 0 Å². The van der Waals surface area contributed by atoms with Crippen LogP contribution in [0.15, 0.2) is 0 Å². The van der Waals surface area contributed by atoms with E-state index in [1.54, 1.807) is 0 Å². The SMILES string of the molecule is CCCNC1CCCN(CC2CCN(CC)CC2)C1. The summed E-state index contributed by atoms with van der Waals surface area (Å²) in [7, 11) is 0. The van der Waals surface area contributed by atoms with Crippen molar-refractivity contribution in [2.24, 2.45) is 5.92 Å². The molecule has 0 aromatic rings. The first-order valence-electron chi connectivity index (χ1n) is 8.50. The quantitative estimate of drug-likeness (QED) is 0.796. The fourth-order valence-electron chi connectivity index (χ4n) is 3.59. The zero-order valence-corrected chi connectivity index (χ0v) is 13.0. The summed E-state index contributed by atoms with van der Waals surface area (Å²) < 4.78 is 0. The van der Waals surface area contributed by atoms with Gasteiger partial charge in [0.15, 0.2) is 0 Å². The molecule has 0 saturated carbocycles. The molecule has 2 heterocycles. The van der Waals surface area contributed by atoms with Crippen molar-refractivity contribution in [2.75, 3.05) is 45.8 Å². The molecule has 3 nitrogen and oxygen atoms in total. The van der Waals surface area contributed by atoms with Gasteiger partial charge in [0.05, 0.1) is 0 Å². The maximum Gasteiger partial charge on any atom is 0.0195 e. The van der Waals surface area contributed by atoms with Gasteiger partial charge in [-0.15, -0.1) is 0 Å². The normalized spacial score (nSPS) is 27.8. The summed E-state index contributed by atoms with van der Waals surface area (Å²) in [6.45, 7) is 13.6. The Morgan fingerprint density at radius 2 is 1.79 bits per heavy atom. The van der Waals surface area contributed by atoms with E-state index < -0.39 is 0 Å². The summed E-state index contributed by atoms with van der Waals surface area (Å²) >= 11 is 0. The average Bonchev–Trinajstić information content (AvgIpc) is 2.46. The highest BCUT2D eigenvalue weighted by atomic mass is 15.2. The molecule has 0 bridgehead atoms. The molecule has 0 amide bonds. The van der Waals surface area contributed by atoms with E-state index in [4.69, 9.17) is 0 Å². The van der Waals surface area contributed by atoms with E-state index in [9.17, 15) is 0 Å². The second kappa shape index (κ2) is 8.23. The number of rotatable bonds is 6. The summed E-state index contributed by atoms with van der Waals surface area (Å²) in [5.74, 6) is 0.952. The molecule has 2 saturated heterocycles. The van der Waals surface area contributed by atoms with Crippen molar-refractivity contribution >= 4 is 0 Å². The van der Waals surface area contributed by atoms with Crippen molar-refractivity contribution in [1.29, 1.82) is 0 Å². The third kappa shape index (κ3) is 5.05. The first kappa shape index (κ1) is 15.3. The summed E-state index contributed by atoms with van der Waals surface area (Å²) in [5.41, 5.74) is 0. The molecular formula is C16H33N3. The van der Waals surface area contributed by atoms with Gasteiger partial charge in [0.2, 0.25) is 0 Å². The highest BCUT2D eigenvalue weighted by molar-refractivity contribution is 4.81. The molecule has 0 aromatic carbocycles. The van der Waals surface area contributed by atoms with Gasteiger partial charge in [-0.3, -0.25) is 0 Å². The van der Waals surface area contributed by atoms with Crippen molar-refractivity contribution < 1.29 is 0 Å². The van der Waals surface area contributed by atoms with Crippen LogP contribution in [0.5, 0.6) is 0 Å². The third-order valence-electron chi connectivity index (χ3n) is 4.86. The van der Waals surface area contributed by atoms with Gasteiger partial charge < -0.3 is 15.1 Å². The van der Waals surface area contributed by atoms with Gasteiger partial charge in [-0.25, -0.2) is 0 Å². The predicted octanol–water partition coefficient (Wildman–Crippen LogP) is 2.18. The monoisotopic (exact) mass is 267 g/mol. The second-order valence-corrected chi connectivity index (χ2v) is 6.43. The smallest absolute Gasteiger partial charge is 0.0195 e. The molecule has 3 heteroatoms. The van der Waals surface area contributed by atoms with Gasteiger partial charge in [-0.2, -0.15) is 0 Å². The number of hydrogen-bond donors (Lipinski definition) is 1. The van der Waals surface area contributed by atoms with Gasteiger partial charge in [0.25, 0.3) is 0 Å². The number of piperidine rings is 2. The molecule has 2 fully saturated rings. The van der Waals surface area contributed by atoms with Crippen LogP contribution in [0.4, 0.5) is 0 Å². The Labute approximate surface area is 119 Å². The lowest BCUT2D eigenvalue weighted by Gasteiger charge is -2.38. The van der Waals surface area contributed by atoms with E-state index >= 15 is 0 Å². The van der Waals surface area contributed by atoms with Gasteiger partial charge in [0, 0.05) is 19.1 Å². The van der Waals surface area contributed by atoms with Crippen molar-refractivity contribution in [3.63, 3.8) is 0 Å². The topological polar surface area (TPSA) is 18.5 Å². The molecule has 19 heavy (non-hydrogen) atoms. The summed E-state index contributed by atoms with van der Waals surface area (Å²) in [6.07, 6.45) is 6.85. The molecule has 0 radical (unpaired) electrons. The van der Waals surface area contributed by atoms with Crippen molar-refractivity contribution in [3.05, 3.63) is 0 Å². The highest BCUT2D eigenvalue weighted by Gasteiger charge is 2.24. The van der Waals surface area contributed by atoms with Crippen LogP contribution in [-0.2, 0) is 0 Å². The summed E-state index contributed by atoms with van der Waals surface area (Å²) in [4.78, 5) is 5.32. The molecule has 2 aliphatic rings. The van der Waals surface area contributed by atoms with Crippen molar-refractivity contribution in [2.45, 2.75) is 52.0 Å². The first-order chi connectivity index (χ1) is 9.31. The predicted molar refractivity (Wildman–Crippen MR) is 82.6 cm³/mol. The maximum atomic E-state index is 3.70.